The fraction of sp³-hybridized carbons (Fsp3) is 0.200. The molecule has 0 amide bonds. The SMILES string of the molecule is O.O.O=C([O-])C(C(=O)[O-])C(c1ncc[nH]1)c1ncc[nH]1.O=C([O-])C(C(=O)[O-])C(c1ncc[nH]1)c1ncc[nH]1.[Cu+2].[Cu+2].[OH3+].[OH3+]. The van der Waals surface area contributed by atoms with Gasteiger partial charge in [0.1, 0.15) is 23.3 Å². The van der Waals surface area contributed by atoms with E-state index in [9.17, 15) is 39.6 Å². The van der Waals surface area contributed by atoms with E-state index in [-0.39, 0.29) is 79.3 Å². The summed E-state index contributed by atoms with van der Waals surface area (Å²) in [6.07, 6.45) is 11.3. The van der Waals surface area contributed by atoms with Crippen molar-refractivity contribution in [3.05, 3.63) is 72.9 Å². The van der Waals surface area contributed by atoms with Crippen LogP contribution in [0.15, 0.2) is 49.6 Å². The fourth-order valence-electron chi connectivity index (χ4n) is 3.42. The van der Waals surface area contributed by atoms with Gasteiger partial charge in [-0.3, -0.25) is 0 Å². The topological polar surface area (TPSA) is 404 Å². The van der Waals surface area contributed by atoms with Crippen LogP contribution in [0, 0.1) is 11.8 Å². The Morgan fingerprint density at radius 1 is 0.500 bits per heavy atom. The first kappa shape index (κ1) is 44.6. The molecule has 0 saturated heterocycles. The van der Waals surface area contributed by atoms with Crippen LogP contribution in [0.4, 0.5) is 0 Å². The number of carbonyl (C=O) groups excluding carboxylic acids is 4. The molecule has 22 heteroatoms. The van der Waals surface area contributed by atoms with Crippen molar-refractivity contribution in [2.45, 2.75) is 11.8 Å². The summed E-state index contributed by atoms with van der Waals surface area (Å²) in [5, 5.41) is 43.8. The van der Waals surface area contributed by atoms with Crippen LogP contribution >= 0.6 is 0 Å². The number of carbonyl (C=O) groups is 4. The maximum absolute atomic E-state index is 11.0. The second kappa shape index (κ2) is 20.5. The normalized spacial score (nSPS) is 9.43. The van der Waals surface area contributed by atoms with Gasteiger partial charge in [0.2, 0.25) is 0 Å². The Morgan fingerprint density at radius 3 is 0.810 bits per heavy atom. The van der Waals surface area contributed by atoms with Gasteiger partial charge in [-0.25, -0.2) is 19.9 Å². The summed E-state index contributed by atoms with van der Waals surface area (Å²) in [6, 6.07) is 0. The van der Waals surface area contributed by atoms with Crippen LogP contribution in [0.1, 0.15) is 35.1 Å². The van der Waals surface area contributed by atoms with Gasteiger partial charge in [0, 0.05) is 49.6 Å². The molecule has 4 rings (SSSR count). The van der Waals surface area contributed by atoms with E-state index in [2.05, 4.69) is 39.9 Å². The molecule has 0 bridgehead atoms. The number of carboxylic acid groups (broad SMARTS) is 4. The summed E-state index contributed by atoms with van der Waals surface area (Å²) in [5.74, 6) is -12.4. The molecule has 0 aliphatic heterocycles. The number of rotatable bonds is 10. The third kappa shape index (κ3) is 10.5. The van der Waals surface area contributed by atoms with E-state index in [0.29, 0.717) is 0 Å². The van der Waals surface area contributed by atoms with Gasteiger partial charge < -0.3 is 81.4 Å². The van der Waals surface area contributed by atoms with Crippen molar-refractivity contribution in [2.75, 3.05) is 0 Å². The maximum atomic E-state index is 11.0. The Kier molecular flexibility index (Phi) is 21.7. The molecule has 0 atom stereocenters. The third-order valence-corrected chi connectivity index (χ3v) is 4.94. The zero-order valence-electron chi connectivity index (χ0n) is 20.7. The molecule has 0 aliphatic rings. The van der Waals surface area contributed by atoms with Crippen molar-refractivity contribution in [1.82, 2.24) is 39.9 Å². The van der Waals surface area contributed by atoms with Gasteiger partial charge in [0.15, 0.2) is 0 Å². The first-order chi connectivity index (χ1) is 17.2. The number of H-pyrrole nitrogens is 4. The van der Waals surface area contributed by atoms with Gasteiger partial charge in [0.25, 0.3) is 0 Å². The first-order valence-corrected chi connectivity index (χ1v) is 10.0. The fourth-order valence-corrected chi connectivity index (χ4v) is 3.42. The molecular weight excluding hydrogens is 671 g/mol. The van der Waals surface area contributed by atoms with E-state index in [1.807, 2.05) is 0 Å². The minimum atomic E-state index is -1.89. The molecule has 4 aromatic heterocycles. The predicted octanol–water partition coefficient (Wildman–Crippen LogP) is -8.74. The number of aromatic nitrogens is 8. The van der Waals surface area contributed by atoms with Gasteiger partial charge >= 0.3 is 34.1 Å². The minimum absolute atomic E-state index is 0. The maximum Gasteiger partial charge on any atom is 2.00 e. The number of imidazole rings is 4. The molecule has 0 aliphatic carbocycles. The van der Waals surface area contributed by atoms with Crippen LogP contribution in [-0.2, 0) is 64.3 Å². The molecule has 2 radical (unpaired) electrons. The van der Waals surface area contributed by atoms with Crippen molar-refractivity contribution in [2.24, 2.45) is 11.8 Å². The molecule has 42 heavy (non-hydrogen) atoms. The second-order valence-electron chi connectivity index (χ2n) is 7.08. The summed E-state index contributed by atoms with van der Waals surface area (Å²) in [4.78, 5) is 69.9. The number of hydrogen-bond acceptors (Lipinski definition) is 12. The first-order valence-electron chi connectivity index (χ1n) is 10.0. The van der Waals surface area contributed by atoms with E-state index in [4.69, 9.17) is 0 Å². The number of nitrogens with one attached hydrogen (secondary N) is 4. The molecule has 0 unspecified atom stereocenters. The van der Waals surface area contributed by atoms with Crippen LogP contribution in [0.2, 0.25) is 0 Å². The van der Waals surface area contributed by atoms with Crippen LogP contribution < -0.4 is 20.4 Å². The summed E-state index contributed by atoms with van der Waals surface area (Å²) < 4.78 is 0. The molecule has 0 spiro atoms. The van der Waals surface area contributed by atoms with Crippen molar-refractivity contribution < 1.29 is 95.6 Å². The Bertz CT molecular complexity index is 1090. The molecule has 4 heterocycles. The number of carboxylic acids is 4. The predicted molar refractivity (Wildman–Crippen MR) is 122 cm³/mol. The Balaban J connectivity index is -0.000000301. The number of hydrogen-bond donors (Lipinski definition) is 4. The Labute approximate surface area is 255 Å². The van der Waals surface area contributed by atoms with E-state index >= 15 is 0 Å². The molecule has 20 nitrogen and oxygen atoms in total. The molecule has 238 valence electrons. The van der Waals surface area contributed by atoms with E-state index < -0.39 is 47.5 Å². The second-order valence-corrected chi connectivity index (χ2v) is 7.08. The van der Waals surface area contributed by atoms with E-state index in [1.54, 1.807) is 0 Å². The van der Waals surface area contributed by atoms with Crippen LogP contribution in [0.3, 0.4) is 0 Å². The Morgan fingerprint density at radius 2 is 0.690 bits per heavy atom. The standard InChI is InChI=1S/2C10H10N4O4.2Cu.4H2O/c2*15-9(16)6(10(17)18)5(7-11-1-2-12-7)8-13-3-4-14-8;;;;;;/h2*1-6H,(H,11,12)(H,13,14)(H,15,16)(H,17,18);;;4*1H2/q;;2*+2;;;;/p-2. The molecule has 4 aromatic rings. The molecule has 0 aromatic carbocycles. The quantitative estimate of drug-likeness (QED) is 0.0682. The van der Waals surface area contributed by atoms with Gasteiger partial charge in [-0.2, -0.15) is 0 Å². The van der Waals surface area contributed by atoms with E-state index in [1.165, 1.54) is 49.6 Å². The summed E-state index contributed by atoms with van der Waals surface area (Å²) >= 11 is 0. The Hall–Kier alpha value is -4.40. The van der Waals surface area contributed by atoms with E-state index in [0.717, 1.165) is 0 Å². The molecule has 14 N–H and O–H groups in total. The average molecular weight is 698 g/mol. The number of nitrogens with zero attached hydrogens (tertiary/aromatic N) is 4. The van der Waals surface area contributed by atoms with Crippen LogP contribution in [-0.4, -0.2) is 74.7 Å². The number of aromatic amines is 4. The molecular formula is C20H26Cu2N8O12+2. The van der Waals surface area contributed by atoms with Crippen LogP contribution in [0.5, 0.6) is 0 Å². The van der Waals surface area contributed by atoms with Crippen molar-refractivity contribution in [3.8, 4) is 0 Å². The van der Waals surface area contributed by atoms with Crippen molar-refractivity contribution in [1.29, 1.82) is 0 Å². The monoisotopic (exact) mass is 696 g/mol. The van der Waals surface area contributed by atoms with Crippen molar-refractivity contribution >= 4 is 23.9 Å². The van der Waals surface area contributed by atoms with Crippen molar-refractivity contribution in [3.63, 3.8) is 0 Å². The molecule has 0 saturated carbocycles. The zero-order valence-corrected chi connectivity index (χ0v) is 22.6. The zero-order chi connectivity index (χ0) is 26.2. The van der Waals surface area contributed by atoms with Gasteiger partial charge in [-0.1, -0.05) is 0 Å². The largest absolute Gasteiger partial charge is 2.00 e. The third-order valence-electron chi connectivity index (χ3n) is 4.94. The average Bonchev–Trinajstić information content (AvgIpc) is 3.64. The summed E-state index contributed by atoms with van der Waals surface area (Å²) in [6.45, 7) is 0. The summed E-state index contributed by atoms with van der Waals surface area (Å²) in [5.41, 5.74) is 0. The smallest absolute Gasteiger partial charge is 0.549 e. The van der Waals surface area contributed by atoms with Gasteiger partial charge in [-0.15, -0.1) is 0 Å². The number of aliphatic carboxylic acids is 4. The minimum Gasteiger partial charge on any atom is -0.549 e. The summed E-state index contributed by atoms with van der Waals surface area (Å²) in [7, 11) is 0. The van der Waals surface area contributed by atoms with Gasteiger partial charge in [-0.05, 0) is 0 Å². The molecule has 0 fully saturated rings. The van der Waals surface area contributed by atoms with Crippen LogP contribution in [0.25, 0.3) is 0 Å². The van der Waals surface area contributed by atoms with Gasteiger partial charge in [0.05, 0.1) is 47.5 Å².